The predicted molar refractivity (Wildman–Crippen MR) is 120 cm³/mol. The third-order valence-corrected chi connectivity index (χ3v) is 5.31. The number of aromatic nitrogens is 4. The number of ether oxygens (including phenoxy) is 1. The molecule has 0 N–H and O–H groups in total. The fourth-order valence-corrected chi connectivity index (χ4v) is 3.62. The third-order valence-electron chi connectivity index (χ3n) is 4.22. The molecule has 0 bridgehead atoms. The summed E-state index contributed by atoms with van der Waals surface area (Å²) < 4.78 is 7.57. The van der Waals surface area contributed by atoms with Crippen molar-refractivity contribution in [2.24, 2.45) is 0 Å². The molecule has 0 radical (unpaired) electrons. The van der Waals surface area contributed by atoms with Crippen LogP contribution in [0.5, 0.6) is 6.01 Å². The van der Waals surface area contributed by atoms with Crippen molar-refractivity contribution in [1.82, 2.24) is 19.6 Å². The summed E-state index contributed by atoms with van der Waals surface area (Å²) in [4.78, 5) is 9.23. The molecular weight excluding hydrogens is 475 g/mol. The molecule has 2 heterocycles. The maximum absolute atomic E-state index is 6.51. The minimum absolute atomic E-state index is 0.0665. The smallest absolute Gasteiger partial charge is 0.321 e. The molecule has 2 aromatic carbocycles. The van der Waals surface area contributed by atoms with E-state index in [-0.39, 0.29) is 6.10 Å². The van der Waals surface area contributed by atoms with Crippen LogP contribution in [0.3, 0.4) is 0 Å². The fourth-order valence-electron chi connectivity index (χ4n) is 3.02. The highest BCUT2D eigenvalue weighted by Crippen LogP contribution is 2.38. The Hall–Kier alpha value is -2.15. The zero-order valence-corrected chi connectivity index (χ0v) is 18.8. The van der Waals surface area contributed by atoms with E-state index in [4.69, 9.17) is 38.0 Å². The first-order valence-electron chi connectivity index (χ1n) is 9.01. The van der Waals surface area contributed by atoms with E-state index in [0.29, 0.717) is 38.6 Å². The molecule has 0 saturated carbocycles. The van der Waals surface area contributed by atoms with E-state index in [9.17, 15) is 0 Å². The Labute approximate surface area is 186 Å². The Kier molecular flexibility index (Phi) is 5.76. The number of halogens is 3. The molecule has 0 aliphatic carbocycles. The number of alkyl halides is 1. The van der Waals surface area contributed by atoms with Crippen LogP contribution in [0.25, 0.3) is 28.0 Å². The highest BCUT2D eigenvalue weighted by Gasteiger charge is 2.23. The first kappa shape index (κ1) is 20.1. The van der Waals surface area contributed by atoms with Gasteiger partial charge in [-0.1, -0.05) is 69.5 Å². The number of rotatable bonds is 5. The van der Waals surface area contributed by atoms with Crippen LogP contribution < -0.4 is 4.74 Å². The summed E-state index contributed by atoms with van der Waals surface area (Å²) in [6.07, 6.45) is -0.0665. The molecule has 0 unspecified atom stereocenters. The van der Waals surface area contributed by atoms with Gasteiger partial charge in [0.1, 0.15) is 11.5 Å². The van der Waals surface area contributed by atoms with Crippen molar-refractivity contribution < 1.29 is 4.74 Å². The molecule has 0 fully saturated rings. The Morgan fingerprint density at radius 2 is 1.76 bits per heavy atom. The molecule has 0 atom stereocenters. The van der Waals surface area contributed by atoms with Gasteiger partial charge in [-0.05, 0) is 37.6 Å². The van der Waals surface area contributed by atoms with Gasteiger partial charge in [-0.2, -0.15) is 14.6 Å². The highest BCUT2D eigenvalue weighted by atomic mass is 79.9. The molecule has 4 rings (SSSR count). The monoisotopic (exact) mass is 490 g/mol. The van der Waals surface area contributed by atoms with Gasteiger partial charge in [-0.3, -0.25) is 0 Å². The Balaban J connectivity index is 2.09. The molecule has 0 saturated heterocycles. The second-order valence-corrected chi connectivity index (χ2v) is 8.07. The van der Waals surface area contributed by atoms with Crippen molar-refractivity contribution in [3.63, 3.8) is 0 Å². The summed E-state index contributed by atoms with van der Waals surface area (Å²) in [5, 5.41) is 6.56. The van der Waals surface area contributed by atoms with Crippen LogP contribution in [-0.4, -0.2) is 25.7 Å². The van der Waals surface area contributed by atoms with Gasteiger partial charge in [0, 0.05) is 10.6 Å². The first-order chi connectivity index (χ1) is 14.0. The van der Waals surface area contributed by atoms with Crippen LogP contribution in [0, 0.1) is 0 Å². The van der Waals surface area contributed by atoms with Gasteiger partial charge in [-0.25, -0.2) is 4.98 Å². The van der Waals surface area contributed by atoms with E-state index < -0.39 is 0 Å². The van der Waals surface area contributed by atoms with Crippen LogP contribution in [0.15, 0.2) is 48.5 Å². The van der Waals surface area contributed by atoms with E-state index in [2.05, 4.69) is 20.9 Å². The standard InChI is InChI=1S/C21H17BrCl2N4O/c1-12(2)29-21-26-17(11-22)25-20-18(13-7-9-14(23)10-8-13)19(27-28(20)21)15-5-3-4-6-16(15)24/h3-10,12H,11H2,1-2H3. The van der Waals surface area contributed by atoms with E-state index in [1.54, 1.807) is 4.52 Å². The Bertz CT molecular complexity index is 1180. The van der Waals surface area contributed by atoms with Crippen LogP contribution in [0.1, 0.15) is 19.7 Å². The zero-order valence-electron chi connectivity index (χ0n) is 15.7. The molecule has 0 spiro atoms. The van der Waals surface area contributed by atoms with Gasteiger partial charge in [0.05, 0.1) is 22.0 Å². The molecule has 4 aromatic rings. The van der Waals surface area contributed by atoms with Gasteiger partial charge in [0.2, 0.25) is 0 Å². The fraction of sp³-hybridized carbons (Fsp3) is 0.190. The number of hydrogen-bond acceptors (Lipinski definition) is 4. The van der Waals surface area contributed by atoms with Gasteiger partial charge in [0.15, 0.2) is 5.65 Å². The van der Waals surface area contributed by atoms with Crippen LogP contribution in [0.4, 0.5) is 0 Å². The molecule has 0 amide bonds. The molecule has 5 nitrogen and oxygen atoms in total. The summed E-state index contributed by atoms with van der Waals surface area (Å²) in [6.45, 7) is 3.89. The average molecular weight is 492 g/mol. The lowest BCUT2D eigenvalue weighted by molar-refractivity contribution is 0.214. The lowest BCUT2D eigenvalue weighted by atomic mass is 10.0. The topological polar surface area (TPSA) is 52.3 Å². The second kappa shape index (κ2) is 8.30. The van der Waals surface area contributed by atoms with Crippen LogP contribution in [0.2, 0.25) is 10.0 Å². The van der Waals surface area contributed by atoms with E-state index in [1.165, 1.54) is 0 Å². The first-order valence-corrected chi connectivity index (χ1v) is 10.9. The number of hydrogen-bond donors (Lipinski definition) is 0. The molecule has 0 aliphatic heterocycles. The molecule has 29 heavy (non-hydrogen) atoms. The van der Waals surface area contributed by atoms with Gasteiger partial charge in [0.25, 0.3) is 0 Å². The predicted octanol–water partition coefficient (Wildman–Crippen LogP) is 6.45. The molecule has 8 heteroatoms. The molecule has 0 aliphatic rings. The minimum Gasteiger partial charge on any atom is -0.461 e. The Morgan fingerprint density at radius 1 is 1.03 bits per heavy atom. The third kappa shape index (κ3) is 3.97. The maximum atomic E-state index is 6.51. The van der Waals surface area contributed by atoms with Crippen molar-refractivity contribution >= 4 is 44.8 Å². The van der Waals surface area contributed by atoms with Crippen LogP contribution >= 0.6 is 39.1 Å². The number of benzene rings is 2. The summed E-state index contributed by atoms with van der Waals surface area (Å²) in [5.41, 5.74) is 3.91. The normalized spacial score (nSPS) is 11.4. The van der Waals surface area contributed by atoms with Crippen molar-refractivity contribution in [2.75, 3.05) is 0 Å². The lowest BCUT2D eigenvalue weighted by Gasteiger charge is -2.10. The van der Waals surface area contributed by atoms with Crippen molar-refractivity contribution in [1.29, 1.82) is 0 Å². The van der Waals surface area contributed by atoms with Crippen LogP contribution in [-0.2, 0) is 5.33 Å². The van der Waals surface area contributed by atoms with Crippen molar-refractivity contribution in [3.8, 4) is 28.4 Å². The number of nitrogens with zero attached hydrogens (tertiary/aromatic N) is 4. The highest BCUT2D eigenvalue weighted by molar-refractivity contribution is 9.08. The summed E-state index contributed by atoms with van der Waals surface area (Å²) in [6, 6.07) is 15.5. The Morgan fingerprint density at radius 3 is 2.41 bits per heavy atom. The van der Waals surface area contributed by atoms with E-state index in [0.717, 1.165) is 16.7 Å². The van der Waals surface area contributed by atoms with Gasteiger partial charge in [-0.15, -0.1) is 0 Å². The quantitative estimate of drug-likeness (QED) is 0.301. The lowest BCUT2D eigenvalue weighted by Crippen LogP contribution is -2.13. The maximum Gasteiger partial charge on any atom is 0.321 e. The van der Waals surface area contributed by atoms with Crippen molar-refractivity contribution in [2.45, 2.75) is 25.3 Å². The van der Waals surface area contributed by atoms with E-state index >= 15 is 0 Å². The average Bonchev–Trinajstić information content (AvgIpc) is 3.08. The molecular formula is C21H17BrCl2N4O. The SMILES string of the molecule is CC(C)Oc1nc(CBr)nc2c(-c3ccc(Cl)cc3)c(-c3ccccc3Cl)nn12. The minimum atomic E-state index is -0.0665. The van der Waals surface area contributed by atoms with E-state index in [1.807, 2.05) is 62.4 Å². The molecule has 2 aromatic heterocycles. The summed E-state index contributed by atoms with van der Waals surface area (Å²) >= 11 is 16.1. The van der Waals surface area contributed by atoms with Gasteiger partial charge >= 0.3 is 6.01 Å². The molecule has 148 valence electrons. The largest absolute Gasteiger partial charge is 0.461 e. The van der Waals surface area contributed by atoms with Gasteiger partial charge < -0.3 is 4.74 Å². The number of fused-ring (bicyclic) bond motifs is 1. The second-order valence-electron chi connectivity index (χ2n) is 6.67. The van der Waals surface area contributed by atoms with Crippen molar-refractivity contribution in [3.05, 3.63) is 64.4 Å². The summed E-state index contributed by atoms with van der Waals surface area (Å²) in [5.74, 6) is 0.606. The zero-order chi connectivity index (χ0) is 20.5. The summed E-state index contributed by atoms with van der Waals surface area (Å²) in [7, 11) is 0.